The molecule has 26 heavy (non-hydrogen) atoms. The van der Waals surface area contributed by atoms with Crippen LogP contribution in [0, 0.1) is 0 Å². The molecule has 0 N–H and O–H groups in total. The number of aryl methyl sites for hydroxylation is 1. The molecule has 130 valence electrons. The van der Waals surface area contributed by atoms with Crippen molar-refractivity contribution in [1.82, 2.24) is 9.78 Å². The van der Waals surface area contributed by atoms with E-state index in [1.165, 1.54) is 13.2 Å². The van der Waals surface area contributed by atoms with Crippen LogP contribution in [0.15, 0.2) is 63.9 Å². The first-order valence-electron chi connectivity index (χ1n) is 7.98. The Hall–Kier alpha value is -3.05. The van der Waals surface area contributed by atoms with Gasteiger partial charge in [0.05, 0.1) is 28.8 Å². The predicted molar refractivity (Wildman–Crippen MR) is 102 cm³/mol. The highest BCUT2D eigenvalue weighted by Crippen LogP contribution is 2.42. The molecule has 0 aliphatic carbocycles. The summed E-state index contributed by atoms with van der Waals surface area (Å²) in [7, 11) is 3.34. The topological polar surface area (TPSA) is 57.3 Å². The van der Waals surface area contributed by atoms with E-state index < -0.39 is 0 Å². The van der Waals surface area contributed by atoms with Crippen molar-refractivity contribution in [2.45, 2.75) is 0 Å². The molecular formula is C20H15ClN2O3. The van der Waals surface area contributed by atoms with E-state index in [2.05, 4.69) is 5.10 Å². The lowest BCUT2D eigenvalue weighted by Gasteiger charge is -2.14. The van der Waals surface area contributed by atoms with Crippen LogP contribution in [0.2, 0.25) is 5.02 Å². The second kappa shape index (κ2) is 6.35. The highest BCUT2D eigenvalue weighted by molar-refractivity contribution is 6.33. The summed E-state index contributed by atoms with van der Waals surface area (Å²) in [6.45, 7) is 0. The Morgan fingerprint density at radius 2 is 1.92 bits per heavy atom. The van der Waals surface area contributed by atoms with Gasteiger partial charge in [0.15, 0.2) is 16.8 Å². The maximum atomic E-state index is 12.7. The summed E-state index contributed by atoms with van der Waals surface area (Å²) in [5, 5.41) is 4.94. The van der Waals surface area contributed by atoms with Crippen LogP contribution in [0.5, 0.6) is 5.75 Å². The van der Waals surface area contributed by atoms with Crippen molar-refractivity contribution < 1.29 is 9.15 Å². The van der Waals surface area contributed by atoms with Gasteiger partial charge < -0.3 is 9.15 Å². The Morgan fingerprint density at radius 3 is 2.58 bits per heavy atom. The van der Waals surface area contributed by atoms with E-state index in [1.807, 2.05) is 36.4 Å². The van der Waals surface area contributed by atoms with Gasteiger partial charge in [-0.3, -0.25) is 9.48 Å². The summed E-state index contributed by atoms with van der Waals surface area (Å²) in [6.07, 6.45) is 1.67. The summed E-state index contributed by atoms with van der Waals surface area (Å²) < 4.78 is 13.4. The molecule has 2 aromatic heterocycles. The molecule has 0 bridgehead atoms. The summed E-state index contributed by atoms with van der Waals surface area (Å²) >= 11 is 6.37. The molecule has 0 aliphatic heterocycles. The predicted octanol–water partition coefficient (Wildman–Crippen LogP) is 4.52. The third-order valence-electron chi connectivity index (χ3n) is 4.27. The zero-order chi connectivity index (χ0) is 18.3. The van der Waals surface area contributed by atoms with E-state index in [1.54, 1.807) is 24.0 Å². The van der Waals surface area contributed by atoms with Crippen molar-refractivity contribution in [3.63, 3.8) is 0 Å². The molecule has 4 rings (SSSR count). The zero-order valence-electron chi connectivity index (χ0n) is 14.2. The third kappa shape index (κ3) is 2.57. The smallest absolute Gasteiger partial charge is 0.193 e. The molecule has 0 spiro atoms. The molecule has 5 nitrogen and oxygen atoms in total. The van der Waals surface area contributed by atoms with Gasteiger partial charge in [-0.2, -0.15) is 5.10 Å². The lowest BCUT2D eigenvalue weighted by molar-refractivity contribution is 0.416. The fourth-order valence-electron chi connectivity index (χ4n) is 3.04. The van der Waals surface area contributed by atoms with Gasteiger partial charge in [-0.25, -0.2) is 0 Å². The van der Waals surface area contributed by atoms with E-state index in [0.717, 1.165) is 11.3 Å². The van der Waals surface area contributed by atoms with Crippen molar-refractivity contribution in [2.75, 3.05) is 7.11 Å². The van der Waals surface area contributed by atoms with Crippen LogP contribution in [0.25, 0.3) is 33.6 Å². The van der Waals surface area contributed by atoms with Crippen molar-refractivity contribution in [1.29, 1.82) is 0 Å². The van der Waals surface area contributed by atoms with Gasteiger partial charge in [0, 0.05) is 24.9 Å². The van der Waals surface area contributed by atoms with Crippen molar-refractivity contribution in [3.8, 4) is 28.3 Å². The van der Waals surface area contributed by atoms with Crippen LogP contribution in [-0.4, -0.2) is 16.9 Å². The van der Waals surface area contributed by atoms with Gasteiger partial charge in [0.1, 0.15) is 5.76 Å². The number of ether oxygens (including phenoxy) is 1. The minimum atomic E-state index is -0.168. The van der Waals surface area contributed by atoms with Gasteiger partial charge in [0.25, 0.3) is 0 Å². The van der Waals surface area contributed by atoms with Crippen LogP contribution in [0.1, 0.15) is 0 Å². The zero-order valence-corrected chi connectivity index (χ0v) is 14.9. The second-order valence-corrected chi connectivity index (χ2v) is 6.23. The Kier molecular flexibility index (Phi) is 4.01. The standard InChI is InChI=1S/C20H15ClN2O3/c1-23-15(8-9-22-23)18-19-13(10-14(21)20(18)25-2)16(24)11-17(26-19)12-6-4-3-5-7-12/h3-11H,1-2H3. The first-order valence-corrected chi connectivity index (χ1v) is 8.36. The van der Waals surface area contributed by atoms with Crippen LogP contribution in [0.4, 0.5) is 0 Å². The highest BCUT2D eigenvalue weighted by Gasteiger charge is 2.21. The average Bonchev–Trinajstić information content (AvgIpc) is 3.07. The van der Waals surface area contributed by atoms with Gasteiger partial charge in [-0.15, -0.1) is 0 Å². The van der Waals surface area contributed by atoms with E-state index in [-0.39, 0.29) is 5.43 Å². The Labute approximate surface area is 154 Å². The quantitative estimate of drug-likeness (QED) is 0.534. The number of nitrogens with zero attached hydrogens (tertiary/aromatic N) is 2. The van der Waals surface area contributed by atoms with Crippen molar-refractivity contribution in [2.24, 2.45) is 7.05 Å². The maximum Gasteiger partial charge on any atom is 0.193 e. The number of aromatic nitrogens is 2. The fraction of sp³-hybridized carbons (Fsp3) is 0.100. The largest absolute Gasteiger partial charge is 0.494 e. The number of rotatable bonds is 3. The van der Waals surface area contributed by atoms with Crippen LogP contribution >= 0.6 is 11.6 Å². The Morgan fingerprint density at radius 1 is 1.15 bits per heavy atom. The minimum absolute atomic E-state index is 0.168. The summed E-state index contributed by atoms with van der Waals surface area (Å²) in [5.41, 5.74) is 2.41. The molecular weight excluding hydrogens is 352 g/mol. The monoisotopic (exact) mass is 366 g/mol. The average molecular weight is 367 g/mol. The van der Waals surface area contributed by atoms with E-state index in [0.29, 0.717) is 33.1 Å². The minimum Gasteiger partial charge on any atom is -0.494 e. The fourth-order valence-corrected chi connectivity index (χ4v) is 3.32. The third-order valence-corrected chi connectivity index (χ3v) is 4.55. The Balaban J connectivity index is 2.14. The van der Waals surface area contributed by atoms with Crippen molar-refractivity contribution >= 4 is 22.6 Å². The normalized spacial score (nSPS) is 11.0. The molecule has 0 aliphatic rings. The molecule has 0 atom stereocenters. The summed E-state index contributed by atoms with van der Waals surface area (Å²) in [5.74, 6) is 0.923. The number of benzene rings is 2. The van der Waals surface area contributed by atoms with Crippen LogP contribution in [-0.2, 0) is 7.05 Å². The maximum absolute atomic E-state index is 12.7. The first kappa shape index (κ1) is 16.4. The van der Waals surface area contributed by atoms with E-state index >= 15 is 0 Å². The molecule has 0 amide bonds. The molecule has 2 aromatic carbocycles. The molecule has 0 fully saturated rings. The van der Waals surface area contributed by atoms with Gasteiger partial charge >= 0.3 is 0 Å². The Bertz CT molecular complexity index is 1160. The van der Waals surface area contributed by atoms with E-state index in [4.69, 9.17) is 20.8 Å². The number of hydrogen-bond donors (Lipinski definition) is 0. The summed E-state index contributed by atoms with van der Waals surface area (Å²) in [6, 6.07) is 14.4. The van der Waals surface area contributed by atoms with E-state index in [9.17, 15) is 4.79 Å². The molecule has 2 heterocycles. The van der Waals surface area contributed by atoms with Crippen molar-refractivity contribution in [3.05, 3.63) is 70.0 Å². The number of fused-ring (bicyclic) bond motifs is 1. The van der Waals surface area contributed by atoms with Gasteiger partial charge in [-0.05, 0) is 12.1 Å². The van der Waals surface area contributed by atoms with Crippen LogP contribution in [0.3, 0.4) is 0 Å². The molecule has 0 radical (unpaired) electrons. The first-order chi connectivity index (χ1) is 12.6. The number of hydrogen-bond acceptors (Lipinski definition) is 4. The number of halogens is 1. The van der Waals surface area contributed by atoms with Crippen LogP contribution < -0.4 is 10.2 Å². The lowest BCUT2D eigenvalue weighted by Crippen LogP contribution is -2.04. The molecule has 0 saturated heterocycles. The molecule has 0 saturated carbocycles. The lowest BCUT2D eigenvalue weighted by atomic mass is 10.0. The summed E-state index contributed by atoms with van der Waals surface area (Å²) in [4.78, 5) is 12.7. The molecule has 0 unspecified atom stereocenters. The molecule has 6 heteroatoms. The second-order valence-electron chi connectivity index (χ2n) is 5.82. The molecule has 4 aromatic rings. The SMILES string of the molecule is COc1c(Cl)cc2c(=O)cc(-c3ccccc3)oc2c1-c1ccnn1C. The van der Waals surface area contributed by atoms with Gasteiger partial charge in [0.2, 0.25) is 0 Å². The highest BCUT2D eigenvalue weighted by atomic mass is 35.5. The van der Waals surface area contributed by atoms with Gasteiger partial charge in [-0.1, -0.05) is 41.9 Å². The number of methoxy groups -OCH3 is 1.